The van der Waals surface area contributed by atoms with E-state index in [1.807, 2.05) is 24.3 Å². The minimum Gasteiger partial charge on any atom is -0.397 e. The molecule has 0 spiro atoms. The maximum absolute atomic E-state index is 12.1. The number of anilines is 2. The second-order valence-corrected chi connectivity index (χ2v) is 6.60. The molecule has 9 heteroatoms. The van der Waals surface area contributed by atoms with Crippen molar-refractivity contribution in [3.63, 3.8) is 0 Å². The number of rotatable bonds is 8. The molecule has 0 bridgehead atoms. The van der Waals surface area contributed by atoms with Crippen LogP contribution in [0.25, 0.3) is 0 Å². The quantitative estimate of drug-likeness (QED) is 0.510. The largest absolute Gasteiger partial charge is 0.397 e. The average Bonchev–Trinajstić information content (AvgIpc) is 2.66. The first-order valence-corrected chi connectivity index (χ1v) is 9.23. The van der Waals surface area contributed by atoms with Gasteiger partial charge in [0.1, 0.15) is 5.69 Å². The molecule has 0 saturated carbocycles. The summed E-state index contributed by atoms with van der Waals surface area (Å²) in [4.78, 5) is 24.3. The maximum Gasteiger partial charge on any atom is 0.296 e. The molecule has 0 aliphatic rings. The Morgan fingerprint density at radius 2 is 2.08 bits per heavy atom. The molecule has 0 aliphatic heterocycles. The van der Waals surface area contributed by atoms with Gasteiger partial charge in [0.25, 0.3) is 5.56 Å². The monoisotopic (exact) mass is 369 g/mol. The lowest BCUT2D eigenvalue weighted by molar-refractivity contribution is 0.862. The minimum atomic E-state index is -0.344. The topological polar surface area (TPSA) is 122 Å². The first-order valence-electron chi connectivity index (χ1n) is 8.08. The van der Waals surface area contributed by atoms with Crippen LogP contribution in [-0.4, -0.2) is 37.4 Å². The van der Waals surface area contributed by atoms with E-state index in [-0.39, 0.29) is 5.56 Å². The lowest BCUT2D eigenvalue weighted by Crippen LogP contribution is -2.20. The van der Waals surface area contributed by atoms with Crippen molar-refractivity contribution < 1.29 is 0 Å². The van der Waals surface area contributed by atoms with Gasteiger partial charge in [0.2, 0.25) is 5.95 Å². The standard InChI is InChI=1S/C17H19N7OS/c18-13-4-2-6-20-15(13)11-26-8-7-21-17-22-16(25)14(23-24-17)9-12-3-1-5-19-10-12/h1-6,10H,7-9,11,18H2,(H2,21,22,24,25). The molecule has 8 nitrogen and oxygen atoms in total. The molecule has 3 aromatic heterocycles. The van der Waals surface area contributed by atoms with E-state index in [2.05, 4.69) is 30.5 Å². The molecular formula is C17H19N7OS. The third-order valence-electron chi connectivity index (χ3n) is 3.55. The summed E-state index contributed by atoms with van der Waals surface area (Å²) in [7, 11) is 0. The fraction of sp³-hybridized carbons (Fsp3) is 0.235. The van der Waals surface area contributed by atoms with Crippen LogP contribution in [0.3, 0.4) is 0 Å². The highest BCUT2D eigenvalue weighted by Crippen LogP contribution is 2.15. The van der Waals surface area contributed by atoms with Crippen molar-refractivity contribution in [1.29, 1.82) is 0 Å². The van der Waals surface area contributed by atoms with Crippen molar-refractivity contribution in [2.45, 2.75) is 12.2 Å². The average molecular weight is 369 g/mol. The second kappa shape index (κ2) is 8.95. The molecule has 134 valence electrons. The van der Waals surface area contributed by atoms with Crippen molar-refractivity contribution in [2.75, 3.05) is 23.3 Å². The van der Waals surface area contributed by atoms with Crippen LogP contribution in [0.4, 0.5) is 11.6 Å². The smallest absolute Gasteiger partial charge is 0.296 e. The van der Waals surface area contributed by atoms with E-state index in [1.165, 1.54) is 0 Å². The van der Waals surface area contributed by atoms with Crippen molar-refractivity contribution in [1.82, 2.24) is 25.1 Å². The lowest BCUT2D eigenvalue weighted by atomic mass is 10.2. The Bertz CT molecular complexity index is 901. The van der Waals surface area contributed by atoms with Crippen LogP contribution in [0, 0.1) is 0 Å². The normalized spacial score (nSPS) is 10.6. The molecular weight excluding hydrogens is 350 g/mol. The van der Waals surface area contributed by atoms with Crippen LogP contribution in [0.1, 0.15) is 17.0 Å². The molecule has 4 N–H and O–H groups in total. The predicted octanol–water partition coefficient (Wildman–Crippen LogP) is 1.47. The van der Waals surface area contributed by atoms with Gasteiger partial charge in [-0.15, -0.1) is 0 Å². The molecule has 3 heterocycles. The summed E-state index contributed by atoms with van der Waals surface area (Å²) in [5, 5.41) is 9.95. The molecule has 0 aliphatic carbocycles. The molecule has 3 aromatic rings. The van der Waals surface area contributed by atoms with Crippen molar-refractivity contribution >= 4 is 23.4 Å². The fourth-order valence-corrected chi connectivity index (χ4v) is 3.06. The van der Waals surface area contributed by atoms with Crippen molar-refractivity contribution in [3.8, 4) is 0 Å². The SMILES string of the molecule is Nc1cccnc1CSCCNc1nc(=O)c(Cc2cccnc2)n[nH]1. The predicted molar refractivity (Wildman–Crippen MR) is 103 cm³/mol. The van der Waals surface area contributed by atoms with Crippen LogP contribution in [0.2, 0.25) is 0 Å². The van der Waals surface area contributed by atoms with Gasteiger partial charge >= 0.3 is 0 Å². The first kappa shape index (κ1) is 17.9. The summed E-state index contributed by atoms with van der Waals surface area (Å²) in [6.45, 7) is 0.643. The molecule has 0 atom stereocenters. The summed E-state index contributed by atoms with van der Waals surface area (Å²) < 4.78 is 0. The number of nitrogens with two attached hydrogens (primary N) is 1. The van der Waals surface area contributed by atoms with E-state index < -0.39 is 0 Å². The molecule has 0 saturated heterocycles. The van der Waals surface area contributed by atoms with Crippen LogP contribution in [0.15, 0.2) is 47.7 Å². The van der Waals surface area contributed by atoms with Gasteiger partial charge in [-0.25, -0.2) is 5.10 Å². The Morgan fingerprint density at radius 3 is 2.85 bits per heavy atom. The van der Waals surface area contributed by atoms with E-state index in [0.717, 1.165) is 22.8 Å². The zero-order valence-corrected chi connectivity index (χ0v) is 14.9. The van der Waals surface area contributed by atoms with Gasteiger partial charge in [0, 0.05) is 43.1 Å². The summed E-state index contributed by atoms with van der Waals surface area (Å²) in [6, 6.07) is 7.38. The van der Waals surface area contributed by atoms with Crippen molar-refractivity contribution in [2.24, 2.45) is 0 Å². The minimum absolute atomic E-state index is 0.344. The molecule has 3 rings (SSSR count). The fourth-order valence-electron chi connectivity index (χ4n) is 2.23. The summed E-state index contributed by atoms with van der Waals surface area (Å²) in [6.07, 6.45) is 5.53. The number of pyridine rings is 2. The molecule has 0 unspecified atom stereocenters. The highest BCUT2D eigenvalue weighted by atomic mass is 32.2. The van der Waals surface area contributed by atoms with Gasteiger partial charge in [-0.1, -0.05) is 6.07 Å². The summed E-state index contributed by atoms with van der Waals surface area (Å²) in [5.41, 5.74) is 8.38. The number of hydrogen-bond acceptors (Lipinski definition) is 8. The second-order valence-electron chi connectivity index (χ2n) is 5.49. The van der Waals surface area contributed by atoms with Crippen LogP contribution in [-0.2, 0) is 12.2 Å². The van der Waals surface area contributed by atoms with Gasteiger partial charge in [-0.3, -0.25) is 14.8 Å². The van der Waals surface area contributed by atoms with E-state index in [4.69, 9.17) is 5.73 Å². The molecule has 0 amide bonds. The highest BCUT2D eigenvalue weighted by Gasteiger charge is 2.06. The van der Waals surface area contributed by atoms with Gasteiger partial charge in [-0.05, 0) is 23.8 Å². The number of thioether (sulfide) groups is 1. The van der Waals surface area contributed by atoms with Gasteiger partial charge in [0.15, 0.2) is 0 Å². The maximum atomic E-state index is 12.1. The molecule has 0 radical (unpaired) electrons. The summed E-state index contributed by atoms with van der Waals surface area (Å²) >= 11 is 1.70. The van der Waals surface area contributed by atoms with Crippen LogP contribution < -0.4 is 16.6 Å². The summed E-state index contributed by atoms with van der Waals surface area (Å²) in [5.74, 6) is 1.92. The van der Waals surface area contributed by atoms with E-state index in [0.29, 0.717) is 30.3 Å². The molecule has 26 heavy (non-hydrogen) atoms. The van der Waals surface area contributed by atoms with Crippen LogP contribution >= 0.6 is 11.8 Å². The number of nitrogens with zero attached hydrogens (tertiary/aromatic N) is 4. The number of nitrogens with one attached hydrogen (secondary N) is 2. The Kier molecular flexibility index (Phi) is 6.15. The molecule has 0 aromatic carbocycles. The number of aromatic nitrogens is 5. The number of nitrogen functional groups attached to an aromatic ring is 1. The third-order valence-corrected chi connectivity index (χ3v) is 4.52. The number of hydrogen-bond donors (Lipinski definition) is 3. The van der Waals surface area contributed by atoms with Gasteiger partial charge in [-0.2, -0.15) is 21.8 Å². The highest BCUT2D eigenvalue weighted by molar-refractivity contribution is 7.98. The zero-order valence-electron chi connectivity index (χ0n) is 14.1. The Hall–Kier alpha value is -2.94. The Labute approximate surface area is 154 Å². The van der Waals surface area contributed by atoms with Crippen molar-refractivity contribution in [3.05, 3.63) is 70.2 Å². The third kappa shape index (κ3) is 5.03. The van der Waals surface area contributed by atoms with E-state index >= 15 is 0 Å². The molecule has 0 fully saturated rings. The lowest BCUT2D eigenvalue weighted by Gasteiger charge is -2.06. The van der Waals surface area contributed by atoms with Gasteiger partial charge in [0.05, 0.1) is 11.4 Å². The van der Waals surface area contributed by atoms with Crippen LogP contribution in [0.5, 0.6) is 0 Å². The zero-order chi connectivity index (χ0) is 18.2. The first-order chi connectivity index (χ1) is 12.7. The van der Waals surface area contributed by atoms with E-state index in [1.54, 1.807) is 30.4 Å². The van der Waals surface area contributed by atoms with Gasteiger partial charge < -0.3 is 11.1 Å². The number of aromatic amines is 1. The Balaban J connectivity index is 1.46. The van der Waals surface area contributed by atoms with E-state index in [9.17, 15) is 4.79 Å². The number of H-pyrrole nitrogens is 1. The Morgan fingerprint density at radius 1 is 1.19 bits per heavy atom.